The van der Waals surface area contributed by atoms with Crippen molar-refractivity contribution >= 4 is 17.2 Å². The summed E-state index contributed by atoms with van der Waals surface area (Å²) in [6.45, 7) is 2.85. The van der Waals surface area contributed by atoms with Crippen LogP contribution in [0.5, 0.6) is 0 Å². The van der Waals surface area contributed by atoms with Crippen molar-refractivity contribution in [3.63, 3.8) is 0 Å². The molecule has 0 spiro atoms. The van der Waals surface area contributed by atoms with E-state index in [1.165, 1.54) is 4.88 Å². The predicted octanol–water partition coefficient (Wildman–Crippen LogP) is 2.90. The summed E-state index contributed by atoms with van der Waals surface area (Å²) in [5, 5.41) is 2.04. The number of unbranched alkanes of at least 4 members (excludes halogenated alkanes) is 1. The van der Waals surface area contributed by atoms with Gasteiger partial charge in [0.1, 0.15) is 0 Å². The Labute approximate surface area is 89.5 Å². The van der Waals surface area contributed by atoms with Crippen LogP contribution in [0.25, 0.3) is 0 Å². The van der Waals surface area contributed by atoms with Gasteiger partial charge in [0.15, 0.2) is 0 Å². The summed E-state index contributed by atoms with van der Waals surface area (Å²) in [5.41, 5.74) is 0. The fourth-order valence-corrected chi connectivity index (χ4v) is 2.00. The number of carbonyl (C=O) groups is 1. The molecule has 0 fully saturated rings. The maximum atomic E-state index is 11.6. The fraction of sp³-hybridized carbons (Fsp3) is 0.545. The second kappa shape index (κ2) is 5.81. The van der Waals surface area contributed by atoms with Crippen molar-refractivity contribution in [3.8, 4) is 0 Å². The topological polar surface area (TPSA) is 20.3 Å². The van der Waals surface area contributed by atoms with Crippen LogP contribution in [0.4, 0.5) is 0 Å². The van der Waals surface area contributed by atoms with Crippen molar-refractivity contribution in [3.05, 3.63) is 22.4 Å². The van der Waals surface area contributed by atoms with Crippen LogP contribution in [0.2, 0.25) is 0 Å². The Morgan fingerprint density at radius 2 is 2.36 bits per heavy atom. The molecule has 0 saturated heterocycles. The molecule has 0 saturated carbocycles. The van der Waals surface area contributed by atoms with Crippen molar-refractivity contribution in [1.82, 2.24) is 4.90 Å². The van der Waals surface area contributed by atoms with Crippen molar-refractivity contribution in [2.24, 2.45) is 0 Å². The summed E-state index contributed by atoms with van der Waals surface area (Å²) in [4.78, 5) is 14.6. The van der Waals surface area contributed by atoms with Gasteiger partial charge >= 0.3 is 0 Å². The number of carbonyl (C=O) groups excluding carboxylic acids is 1. The fourth-order valence-electron chi connectivity index (χ4n) is 1.24. The maximum absolute atomic E-state index is 11.6. The van der Waals surface area contributed by atoms with Crippen LogP contribution in [-0.2, 0) is 11.3 Å². The second-order valence-electron chi connectivity index (χ2n) is 3.43. The van der Waals surface area contributed by atoms with E-state index in [4.69, 9.17) is 0 Å². The third-order valence-electron chi connectivity index (χ3n) is 2.14. The number of hydrogen-bond acceptors (Lipinski definition) is 2. The molecule has 0 aromatic carbocycles. The first-order valence-corrected chi connectivity index (χ1v) is 5.88. The van der Waals surface area contributed by atoms with Crippen LogP contribution in [0.15, 0.2) is 17.5 Å². The number of rotatable bonds is 5. The smallest absolute Gasteiger partial charge is 0.222 e. The highest BCUT2D eigenvalue weighted by molar-refractivity contribution is 7.09. The van der Waals surface area contributed by atoms with Gasteiger partial charge in [0, 0.05) is 18.3 Å². The van der Waals surface area contributed by atoms with Gasteiger partial charge in [-0.2, -0.15) is 0 Å². The molecule has 0 unspecified atom stereocenters. The van der Waals surface area contributed by atoms with E-state index >= 15 is 0 Å². The van der Waals surface area contributed by atoms with Crippen molar-refractivity contribution in [2.75, 3.05) is 7.05 Å². The van der Waals surface area contributed by atoms with E-state index in [2.05, 4.69) is 13.0 Å². The number of hydrogen-bond donors (Lipinski definition) is 0. The minimum absolute atomic E-state index is 0.250. The van der Waals surface area contributed by atoms with E-state index in [9.17, 15) is 4.79 Å². The van der Waals surface area contributed by atoms with Crippen LogP contribution in [0, 0.1) is 0 Å². The first-order chi connectivity index (χ1) is 6.74. The Morgan fingerprint density at radius 3 is 2.93 bits per heavy atom. The predicted molar refractivity (Wildman–Crippen MR) is 60.3 cm³/mol. The van der Waals surface area contributed by atoms with Gasteiger partial charge in [-0.1, -0.05) is 19.4 Å². The normalized spacial score (nSPS) is 10.1. The first-order valence-electron chi connectivity index (χ1n) is 5.00. The zero-order valence-electron chi connectivity index (χ0n) is 8.82. The van der Waals surface area contributed by atoms with Crippen molar-refractivity contribution in [2.45, 2.75) is 32.7 Å². The first kappa shape index (κ1) is 11.2. The summed E-state index contributed by atoms with van der Waals surface area (Å²) >= 11 is 1.70. The van der Waals surface area contributed by atoms with E-state index in [0.717, 1.165) is 19.4 Å². The molecule has 1 rings (SSSR count). The lowest BCUT2D eigenvalue weighted by atomic mass is 10.2. The lowest BCUT2D eigenvalue weighted by molar-refractivity contribution is -0.130. The molecule has 0 aliphatic rings. The number of thiophene rings is 1. The summed E-state index contributed by atoms with van der Waals surface area (Å²) in [5.74, 6) is 0.250. The van der Waals surface area contributed by atoms with E-state index in [-0.39, 0.29) is 5.91 Å². The molecule has 1 aromatic rings. The highest BCUT2D eigenvalue weighted by Gasteiger charge is 2.08. The molecule has 0 N–H and O–H groups in total. The average molecular weight is 211 g/mol. The largest absolute Gasteiger partial charge is 0.341 e. The third-order valence-corrected chi connectivity index (χ3v) is 3.00. The molecule has 1 aromatic heterocycles. The Kier molecular flexibility index (Phi) is 4.66. The third kappa shape index (κ3) is 3.50. The summed E-state index contributed by atoms with van der Waals surface area (Å²) in [6.07, 6.45) is 2.75. The van der Waals surface area contributed by atoms with Crippen LogP contribution in [-0.4, -0.2) is 17.9 Å². The van der Waals surface area contributed by atoms with Gasteiger partial charge in [-0.15, -0.1) is 11.3 Å². The Hall–Kier alpha value is -0.830. The van der Waals surface area contributed by atoms with Gasteiger partial charge in [0.05, 0.1) is 6.54 Å². The number of amides is 1. The second-order valence-corrected chi connectivity index (χ2v) is 4.46. The van der Waals surface area contributed by atoms with Crippen LogP contribution < -0.4 is 0 Å². The molecule has 0 atom stereocenters. The van der Waals surface area contributed by atoms with E-state index < -0.39 is 0 Å². The minimum atomic E-state index is 0.250. The molecule has 2 nitrogen and oxygen atoms in total. The van der Waals surface area contributed by atoms with Crippen LogP contribution in [0.1, 0.15) is 31.1 Å². The van der Waals surface area contributed by atoms with Gasteiger partial charge < -0.3 is 4.90 Å². The highest BCUT2D eigenvalue weighted by atomic mass is 32.1. The van der Waals surface area contributed by atoms with Crippen LogP contribution >= 0.6 is 11.3 Å². The lowest BCUT2D eigenvalue weighted by Gasteiger charge is -2.15. The van der Waals surface area contributed by atoms with E-state index in [1.54, 1.807) is 11.3 Å². The number of nitrogens with zero attached hydrogens (tertiary/aromatic N) is 1. The van der Waals surface area contributed by atoms with Gasteiger partial charge in [-0.05, 0) is 17.9 Å². The SMILES string of the molecule is CCCCC(=O)N(C)Cc1cccs1. The molecule has 78 valence electrons. The Balaban J connectivity index is 2.34. The molecular weight excluding hydrogens is 194 g/mol. The van der Waals surface area contributed by atoms with Gasteiger partial charge in [-0.3, -0.25) is 4.79 Å². The summed E-state index contributed by atoms with van der Waals surface area (Å²) in [7, 11) is 1.87. The monoisotopic (exact) mass is 211 g/mol. The summed E-state index contributed by atoms with van der Waals surface area (Å²) < 4.78 is 0. The van der Waals surface area contributed by atoms with E-state index in [0.29, 0.717) is 6.42 Å². The molecule has 3 heteroatoms. The summed E-state index contributed by atoms with van der Waals surface area (Å²) in [6, 6.07) is 4.08. The molecular formula is C11H17NOS. The Bertz CT molecular complexity index is 269. The quantitative estimate of drug-likeness (QED) is 0.733. The maximum Gasteiger partial charge on any atom is 0.222 e. The standard InChI is InChI=1S/C11H17NOS/c1-3-4-7-11(13)12(2)9-10-6-5-8-14-10/h5-6,8H,3-4,7,9H2,1-2H3. The molecule has 0 radical (unpaired) electrons. The molecule has 1 heterocycles. The average Bonchev–Trinajstić information content (AvgIpc) is 2.66. The van der Waals surface area contributed by atoms with Crippen LogP contribution in [0.3, 0.4) is 0 Å². The van der Waals surface area contributed by atoms with Crippen molar-refractivity contribution in [1.29, 1.82) is 0 Å². The molecule has 1 amide bonds. The molecule has 0 bridgehead atoms. The minimum Gasteiger partial charge on any atom is -0.341 e. The van der Waals surface area contributed by atoms with Gasteiger partial charge in [0.25, 0.3) is 0 Å². The van der Waals surface area contributed by atoms with Gasteiger partial charge in [-0.25, -0.2) is 0 Å². The molecule has 0 aliphatic carbocycles. The van der Waals surface area contributed by atoms with Crippen molar-refractivity contribution < 1.29 is 4.79 Å². The Morgan fingerprint density at radius 1 is 1.57 bits per heavy atom. The zero-order valence-corrected chi connectivity index (χ0v) is 9.64. The lowest BCUT2D eigenvalue weighted by Crippen LogP contribution is -2.25. The van der Waals surface area contributed by atoms with Gasteiger partial charge in [0.2, 0.25) is 5.91 Å². The zero-order chi connectivity index (χ0) is 10.4. The highest BCUT2D eigenvalue weighted by Crippen LogP contribution is 2.11. The van der Waals surface area contributed by atoms with E-state index in [1.807, 2.05) is 23.4 Å². The molecule has 0 aliphatic heterocycles. The molecule has 14 heavy (non-hydrogen) atoms.